The lowest BCUT2D eigenvalue weighted by atomic mass is 10.2. The molecule has 162 valence electrons. The molecule has 2 amide bonds. The fourth-order valence-electron chi connectivity index (χ4n) is 2.00. The van der Waals surface area contributed by atoms with Crippen LogP contribution in [0.3, 0.4) is 0 Å². The molecule has 0 fully saturated rings. The highest BCUT2D eigenvalue weighted by atomic mass is 16.4. The molecule has 0 bridgehead atoms. The van der Waals surface area contributed by atoms with E-state index >= 15 is 0 Å². The van der Waals surface area contributed by atoms with Gasteiger partial charge in [-0.2, -0.15) is 0 Å². The highest BCUT2D eigenvalue weighted by Crippen LogP contribution is 2.14. The smallest absolute Gasteiger partial charge is 0.326 e. The van der Waals surface area contributed by atoms with Crippen LogP contribution < -0.4 is 22.1 Å². The van der Waals surface area contributed by atoms with Crippen molar-refractivity contribution in [1.82, 2.24) is 20.6 Å². The molecule has 30 heavy (non-hydrogen) atoms. The van der Waals surface area contributed by atoms with Crippen LogP contribution in [0.25, 0.3) is 0 Å². The molecule has 1 rings (SSSR count). The Balaban J connectivity index is 3.10. The highest BCUT2D eigenvalue weighted by molar-refractivity contribution is 6.03. The topological polar surface area (TPSA) is 285 Å². The summed E-state index contributed by atoms with van der Waals surface area (Å²) < 4.78 is 0. The van der Waals surface area contributed by atoms with Crippen molar-refractivity contribution in [3.8, 4) is 0 Å². The molecule has 0 aromatic carbocycles. The average molecular weight is 428 g/mol. The summed E-state index contributed by atoms with van der Waals surface area (Å²) in [5.41, 5.74) is 9.58. The van der Waals surface area contributed by atoms with E-state index in [2.05, 4.69) is 9.97 Å². The fraction of sp³-hybridized carbons (Fsp3) is 0.286. The molecule has 0 saturated heterocycles. The number of anilines is 2. The zero-order valence-corrected chi connectivity index (χ0v) is 14.9. The number of aromatic nitrogens is 2. The van der Waals surface area contributed by atoms with E-state index in [4.69, 9.17) is 31.9 Å². The Morgan fingerprint density at radius 3 is 1.23 bits per heavy atom. The number of hydrogen-bond donors (Lipinski definition) is 8. The first-order valence-electron chi connectivity index (χ1n) is 7.77. The van der Waals surface area contributed by atoms with Gasteiger partial charge in [-0.05, 0) is 0 Å². The van der Waals surface area contributed by atoms with E-state index in [-0.39, 0.29) is 0 Å². The normalized spacial score (nSPS) is 12.3. The maximum atomic E-state index is 12.1. The second kappa shape index (κ2) is 9.62. The van der Waals surface area contributed by atoms with Gasteiger partial charge in [0.25, 0.3) is 11.8 Å². The number of carbonyl (C=O) groups is 6. The summed E-state index contributed by atoms with van der Waals surface area (Å²) in [6, 6.07) is -3.65. The summed E-state index contributed by atoms with van der Waals surface area (Å²) in [7, 11) is 0. The molecule has 16 heteroatoms. The molecular weight excluding hydrogens is 412 g/mol. The molecule has 2 atom stereocenters. The van der Waals surface area contributed by atoms with E-state index in [9.17, 15) is 28.8 Å². The van der Waals surface area contributed by atoms with Gasteiger partial charge in [0, 0.05) is 0 Å². The van der Waals surface area contributed by atoms with Gasteiger partial charge in [0.1, 0.15) is 12.1 Å². The zero-order chi connectivity index (χ0) is 23.2. The zero-order valence-electron chi connectivity index (χ0n) is 14.9. The maximum absolute atomic E-state index is 12.1. The summed E-state index contributed by atoms with van der Waals surface area (Å²) in [6.07, 6.45) is -1.91. The van der Waals surface area contributed by atoms with Crippen molar-refractivity contribution in [2.45, 2.75) is 24.9 Å². The lowest BCUT2D eigenvalue weighted by Crippen LogP contribution is -2.44. The van der Waals surface area contributed by atoms with E-state index in [0.717, 1.165) is 0 Å². The van der Waals surface area contributed by atoms with Crippen molar-refractivity contribution in [1.29, 1.82) is 0 Å². The minimum Gasteiger partial charge on any atom is -0.481 e. The lowest BCUT2D eigenvalue weighted by molar-refractivity contribution is -0.145. The molecule has 0 radical (unpaired) electrons. The number of aliphatic carboxylic acids is 4. The number of nitrogens with two attached hydrogens (primary N) is 2. The predicted octanol–water partition coefficient (Wildman–Crippen LogP) is -3.04. The van der Waals surface area contributed by atoms with Gasteiger partial charge in [-0.1, -0.05) is 0 Å². The van der Waals surface area contributed by atoms with E-state index in [1.54, 1.807) is 0 Å². The van der Waals surface area contributed by atoms with Crippen LogP contribution in [0.2, 0.25) is 0 Å². The van der Waals surface area contributed by atoms with Gasteiger partial charge in [-0.25, -0.2) is 19.6 Å². The van der Waals surface area contributed by atoms with Crippen molar-refractivity contribution in [3.63, 3.8) is 0 Å². The maximum Gasteiger partial charge on any atom is 0.326 e. The third kappa shape index (κ3) is 6.29. The highest BCUT2D eigenvalue weighted by Gasteiger charge is 2.29. The fourth-order valence-corrected chi connectivity index (χ4v) is 2.00. The molecule has 0 saturated carbocycles. The van der Waals surface area contributed by atoms with Gasteiger partial charge in [-0.15, -0.1) is 0 Å². The van der Waals surface area contributed by atoms with Crippen LogP contribution in [-0.4, -0.2) is 78.2 Å². The first-order chi connectivity index (χ1) is 13.8. The van der Waals surface area contributed by atoms with Crippen LogP contribution in [0.5, 0.6) is 0 Å². The number of nitrogen functional groups attached to an aromatic ring is 2. The second-order valence-corrected chi connectivity index (χ2v) is 5.62. The Labute approximate surface area is 165 Å². The first-order valence-corrected chi connectivity index (χ1v) is 7.77. The van der Waals surface area contributed by atoms with Crippen LogP contribution in [0, 0.1) is 0 Å². The molecule has 0 aliphatic rings. The van der Waals surface area contributed by atoms with E-state index in [1.807, 2.05) is 10.6 Å². The molecule has 0 spiro atoms. The van der Waals surface area contributed by atoms with Gasteiger partial charge in [-0.3, -0.25) is 19.2 Å². The third-order valence-corrected chi connectivity index (χ3v) is 3.34. The molecule has 0 aliphatic heterocycles. The number of nitrogens with one attached hydrogen (secondary N) is 2. The van der Waals surface area contributed by atoms with Crippen LogP contribution in [0.4, 0.5) is 11.6 Å². The standard InChI is InChI=1S/C14H16N6O10/c15-9-7(11(25)17-3(13(27)28)1-5(21)22)19-10(16)8(20-9)12(26)18-4(14(29)30)2-6(23)24/h3-4H,1-2H2,(H2,16,19)(H2,15,20)(H,17,25)(H,18,26)(H,21,22)(H,23,24)(H,27,28)(H,29,30)/t3-,4-/m1/s1. The van der Waals surface area contributed by atoms with Gasteiger partial charge in [0.2, 0.25) is 0 Å². The summed E-state index contributed by atoms with van der Waals surface area (Å²) in [5, 5.41) is 38.9. The van der Waals surface area contributed by atoms with Crippen molar-refractivity contribution in [2.75, 3.05) is 11.5 Å². The SMILES string of the molecule is Nc1nc(C(=O)N[C@H](CC(=O)O)C(=O)O)c(N)nc1C(=O)N[C@H](CC(=O)O)C(=O)O. The van der Waals surface area contributed by atoms with Crippen LogP contribution in [0.1, 0.15) is 33.8 Å². The minimum atomic E-state index is -1.83. The Bertz CT molecular complexity index is 843. The first kappa shape index (κ1) is 23.5. The van der Waals surface area contributed by atoms with Crippen LogP contribution >= 0.6 is 0 Å². The Kier molecular flexibility index (Phi) is 7.55. The quantitative estimate of drug-likeness (QED) is 0.184. The van der Waals surface area contributed by atoms with Gasteiger partial charge in [0.15, 0.2) is 23.0 Å². The van der Waals surface area contributed by atoms with Crippen LogP contribution in [0.15, 0.2) is 0 Å². The Morgan fingerprint density at radius 1 is 0.700 bits per heavy atom. The predicted molar refractivity (Wildman–Crippen MR) is 93.1 cm³/mol. The average Bonchev–Trinajstić information content (AvgIpc) is 2.60. The number of nitrogens with zero attached hydrogens (tertiary/aromatic N) is 2. The summed E-state index contributed by atoms with van der Waals surface area (Å²) in [4.78, 5) is 74.7. The summed E-state index contributed by atoms with van der Waals surface area (Å²) >= 11 is 0. The van der Waals surface area contributed by atoms with Crippen molar-refractivity contribution >= 4 is 47.3 Å². The van der Waals surface area contributed by atoms with Gasteiger partial charge < -0.3 is 42.5 Å². The third-order valence-electron chi connectivity index (χ3n) is 3.34. The van der Waals surface area contributed by atoms with Crippen molar-refractivity contribution in [3.05, 3.63) is 11.4 Å². The van der Waals surface area contributed by atoms with Crippen molar-refractivity contribution in [2.24, 2.45) is 0 Å². The largest absolute Gasteiger partial charge is 0.481 e. The number of carboxylic acid groups (broad SMARTS) is 4. The van der Waals surface area contributed by atoms with Gasteiger partial charge in [0.05, 0.1) is 12.8 Å². The molecule has 0 unspecified atom stereocenters. The number of rotatable bonds is 10. The monoisotopic (exact) mass is 428 g/mol. The Hall–Kier alpha value is -4.50. The number of carboxylic acids is 4. The number of amides is 2. The van der Waals surface area contributed by atoms with Crippen molar-refractivity contribution < 1.29 is 49.2 Å². The molecule has 1 heterocycles. The minimum absolute atomic E-state index is 0.712. The van der Waals surface area contributed by atoms with Crippen LogP contribution in [-0.2, 0) is 19.2 Å². The Morgan fingerprint density at radius 2 is 1.00 bits per heavy atom. The van der Waals surface area contributed by atoms with E-state index in [1.165, 1.54) is 0 Å². The second-order valence-electron chi connectivity index (χ2n) is 5.62. The molecule has 0 aliphatic carbocycles. The number of carbonyl (C=O) groups excluding carboxylic acids is 2. The summed E-state index contributed by atoms with van der Waals surface area (Å²) in [5.74, 6) is -10.2. The van der Waals surface area contributed by atoms with E-state index < -0.39 is 83.6 Å². The summed E-state index contributed by atoms with van der Waals surface area (Å²) in [6.45, 7) is 0. The number of hydrogen-bond acceptors (Lipinski definition) is 10. The molecule has 1 aromatic rings. The molecule has 1 aromatic heterocycles. The molecule has 16 nitrogen and oxygen atoms in total. The lowest BCUT2D eigenvalue weighted by Gasteiger charge is -2.15. The van der Waals surface area contributed by atoms with Gasteiger partial charge >= 0.3 is 23.9 Å². The molecule has 10 N–H and O–H groups in total. The van der Waals surface area contributed by atoms with E-state index in [0.29, 0.717) is 0 Å². The molecular formula is C14H16N6O10.